The predicted octanol–water partition coefficient (Wildman–Crippen LogP) is 4.56. The highest BCUT2D eigenvalue weighted by Gasteiger charge is 2.17. The number of rotatable bonds is 2. The van der Waals surface area contributed by atoms with Gasteiger partial charge in [0.15, 0.2) is 0 Å². The lowest BCUT2D eigenvalue weighted by molar-refractivity contribution is 0.102. The van der Waals surface area contributed by atoms with Gasteiger partial charge in [-0.2, -0.15) is 0 Å². The number of anilines is 1. The van der Waals surface area contributed by atoms with Crippen LogP contribution in [0.4, 0.5) is 10.1 Å². The van der Waals surface area contributed by atoms with E-state index < -0.39 is 5.82 Å². The minimum absolute atomic E-state index is 0.0869. The zero-order valence-electron chi connectivity index (χ0n) is 11.5. The Morgan fingerprint density at radius 3 is 2.76 bits per heavy atom. The van der Waals surface area contributed by atoms with Crippen LogP contribution < -0.4 is 5.32 Å². The molecule has 1 aliphatic carbocycles. The Kier molecular flexibility index (Phi) is 4.24. The van der Waals surface area contributed by atoms with Gasteiger partial charge in [-0.05, 0) is 83.7 Å². The predicted molar refractivity (Wildman–Crippen MR) is 90.2 cm³/mol. The number of aryl methyl sites for hydroxylation is 1. The number of carbonyl (C=O) groups is 1. The number of nitrogens with one attached hydrogen (secondary N) is 1. The Balaban J connectivity index is 1.88. The molecule has 0 saturated carbocycles. The third-order valence-electron chi connectivity index (χ3n) is 3.82. The maximum absolute atomic E-state index is 13.9. The van der Waals surface area contributed by atoms with Gasteiger partial charge in [-0.25, -0.2) is 4.39 Å². The van der Waals surface area contributed by atoms with Gasteiger partial charge in [0.05, 0.1) is 5.56 Å². The Morgan fingerprint density at radius 1 is 1.14 bits per heavy atom. The van der Waals surface area contributed by atoms with Gasteiger partial charge < -0.3 is 5.32 Å². The van der Waals surface area contributed by atoms with Crippen molar-refractivity contribution in [1.82, 2.24) is 0 Å². The number of amides is 1. The summed E-state index contributed by atoms with van der Waals surface area (Å²) in [6.45, 7) is 0. The minimum Gasteiger partial charge on any atom is -0.322 e. The van der Waals surface area contributed by atoms with Gasteiger partial charge in [-0.3, -0.25) is 4.79 Å². The molecular weight excluding hydrogens is 380 g/mol. The first-order chi connectivity index (χ1) is 10.1. The van der Waals surface area contributed by atoms with Crippen LogP contribution in [0.15, 0.2) is 36.4 Å². The highest BCUT2D eigenvalue weighted by Crippen LogP contribution is 2.28. The number of halogens is 2. The fourth-order valence-electron chi connectivity index (χ4n) is 2.76. The molecule has 0 unspecified atom stereocenters. The van der Waals surface area contributed by atoms with Crippen LogP contribution in [0.25, 0.3) is 0 Å². The van der Waals surface area contributed by atoms with Gasteiger partial charge in [-0.1, -0.05) is 12.1 Å². The molecule has 0 saturated heterocycles. The molecule has 0 spiro atoms. The molecule has 2 aromatic carbocycles. The van der Waals surface area contributed by atoms with Crippen molar-refractivity contribution in [3.05, 3.63) is 62.5 Å². The van der Waals surface area contributed by atoms with Crippen molar-refractivity contribution in [2.75, 3.05) is 5.32 Å². The van der Waals surface area contributed by atoms with Crippen LogP contribution in [-0.4, -0.2) is 5.91 Å². The summed E-state index contributed by atoms with van der Waals surface area (Å²) in [4.78, 5) is 12.3. The van der Waals surface area contributed by atoms with E-state index in [9.17, 15) is 9.18 Å². The van der Waals surface area contributed by atoms with Crippen molar-refractivity contribution in [3.63, 3.8) is 0 Å². The molecule has 1 N–H and O–H groups in total. The van der Waals surface area contributed by atoms with Gasteiger partial charge >= 0.3 is 0 Å². The fourth-order valence-corrected chi connectivity index (χ4v) is 3.21. The van der Waals surface area contributed by atoms with E-state index in [-0.39, 0.29) is 11.5 Å². The van der Waals surface area contributed by atoms with E-state index in [4.69, 9.17) is 0 Å². The van der Waals surface area contributed by atoms with Crippen LogP contribution in [0.2, 0.25) is 0 Å². The molecule has 2 aromatic rings. The van der Waals surface area contributed by atoms with Crippen molar-refractivity contribution in [1.29, 1.82) is 0 Å². The summed E-state index contributed by atoms with van der Waals surface area (Å²) in [5.74, 6) is -0.868. The van der Waals surface area contributed by atoms with Crippen molar-refractivity contribution >= 4 is 34.2 Å². The molecule has 108 valence electrons. The second kappa shape index (κ2) is 6.13. The van der Waals surface area contributed by atoms with E-state index in [0.29, 0.717) is 0 Å². The topological polar surface area (TPSA) is 29.1 Å². The Labute approximate surface area is 136 Å². The zero-order valence-corrected chi connectivity index (χ0v) is 13.6. The normalized spacial score (nSPS) is 13.6. The lowest BCUT2D eigenvalue weighted by atomic mass is 9.90. The molecule has 21 heavy (non-hydrogen) atoms. The number of carbonyl (C=O) groups excluding carboxylic acids is 1. The van der Waals surface area contributed by atoms with E-state index >= 15 is 0 Å². The second-order valence-electron chi connectivity index (χ2n) is 5.23. The van der Waals surface area contributed by atoms with Crippen LogP contribution in [0.3, 0.4) is 0 Å². The summed E-state index contributed by atoms with van der Waals surface area (Å²) in [6.07, 6.45) is 4.35. The maximum atomic E-state index is 13.9. The van der Waals surface area contributed by atoms with Crippen LogP contribution in [-0.2, 0) is 12.8 Å². The Hall–Kier alpha value is -1.43. The number of hydrogen-bond donors (Lipinski definition) is 1. The van der Waals surface area contributed by atoms with E-state index in [2.05, 4.69) is 11.4 Å². The highest BCUT2D eigenvalue weighted by atomic mass is 127. The first-order valence-electron chi connectivity index (χ1n) is 7.02. The maximum Gasteiger partial charge on any atom is 0.258 e. The molecule has 0 aliphatic heterocycles. The smallest absolute Gasteiger partial charge is 0.258 e. The molecule has 0 heterocycles. The molecule has 4 heteroatoms. The van der Waals surface area contributed by atoms with E-state index in [1.54, 1.807) is 6.07 Å². The molecule has 3 rings (SSSR count). The third kappa shape index (κ3) is 3.10. The minimum atomic E-state index is -0.482. The number of hydrogen-bond acceptors (Lipinski definition) is 1. The van der Waals surface area contributed by atoms with Crippen molar-refractivity contribution in [3.8, 4) is 0 Å². The average Bonchev–Trinajstić information content (AvgIpc) is 2.47. The summed E-state index contributed by atoms with van der Waals surface area (Å²) >= 11 is 2.03. The summed E-state index contributed by atoms with van der Waals surface area (Å²) in [6, 6.07) is 10.6. The first kappa shape index (κ1) is 14.5. The second-order valence-corrected chi connectivity index (χ2v) is 6.47. The molecular formula is C17H15FINO. The monoisotopic (exact) mass is 395 g/mol. The molecule has 0 bridgehead atoms. The summed E-state index contributed by atoms with van der Waals surface area (Å²) in [5, 5.41) is 2.87. The first-order valence-corrected chi connectivity index (χ1v) is 8.10. The molecule has 1 amide bonds. The van der Waals surface area contributed by atoms with E-state index in [1.165, 1.54) is 29.7 Å². The van der Waals surface area contributed by atoms with Crippen LogP contribution in [0, 0.1) is 9.39 Å². The molecule has 0 fully saturated rings. The van der Waals surface area contributed by atoms with Gasteiger partial charge in [0.1, 0.15) is 5.82 Å². The third-order valence-corrected chi connectivity index (χ3v) is 4.49. The van der Waals surface area contributed by atoms with Gasteiger partial charge in [0, 0.05) is 9.26 Å². The lowest BCUT2D eigenvalue weighted by Crippen LogP contribution is -2.16. The Bertz CT molecular complexity index is 699. The highest BCUT2D eigenvalue weighted by molar-refractivity contribution is 14.1. The Morgan fingerprint density at radius 2 is 1.95 bits per heavy atom. The van der Waals surface area contributed by atoms with Crippen LogP contribution in [0.1, 0.15) is 34.3 Å². The molecule has 0 aromatic heterocycles. The summed E-state index contributed by atoms with van der Waals surface area (Å²) in [5.41, 5.74) is 3.39. The number of fused-ring (bicyclic) bond motifs is 1. The largest absolute Gasteiger partial charge is 0.322 e. The molecule has 0 atom stereocenters. The molecule has 0 radical (unpaired) electrons. The van der Waals surface area contributed by atoms with Gasteiger partial charge in [-0.15, -0.1) is 0 Å². The quantitative estimate of drug-likeness (QED) is 0.743. The van der Waals surface area contributed by atoms with Gasteiger partial charge in [0.2, 0.25) is 0 Å². The van der Waals surface area contributed by atoms with E-state index in [1.807, 2.05) is 34.7 Å². The zero-order chi connectivity index (χ0) is 14.8. The van der Waals surface area contributed by atoms with E-state index in [0.717, 1.165) is 28.5 Å². The van der Waals surface area contributed by atoms with Crippen LogP contribution >= 0.6 is 22.6 Å². The SMILES string of the molecule is O=C(Nc1cccc2c1CCCC2)c1ccc(I)cc1F. The standard InChI is InChI=1S/C17H15FINO/c18-15-10-12(19)8-9-14(15)17(21)20-16-7-3-5-11-4-1-2-6-13(11)16/h3,5,7-10H,1-2,4,6H2,(H,20,21). The van der Waals surface area contributed by atoms with Crippen molar-refractivity contribution in [2.24, 2.45) is 0 Å². The fraction of sp³-hybridized carbons (Fsp3) is 0.235. The summed E-state index contributed by atoms with van der Waals surface area (Å²) in [7, 11) is 0. The summed E-state index contributed by atoms with van der Waals surface area (Å²) < 4.78 is 14.7. The lowest BCUT2D eigenvalue weighted by Gasteiger charge is -2.19. The van der Waals surface area contributed by atoms with Crippen molar-refractivity contribution < 1.29 is 9.18 Å². The van der Waals surface area contributed by atoms with Gasteiger partial charge in [0.25, 0.3) is 5.91 Å². The number of benzene rings is 2. The van der Waals surface area contributed by atoms with Crippen LogP contribution in [0.5, 0.6) is 0 Å². The molecule has 1 aliphatic rings. The average molecular weight is 395 g/mol. The van der Waals surface area contributed by atoms with Crippen molar-refractivity contribution in [2.45, 2.75) is 25.7 Å². The molecule has 2 nitrogen and oxygen atoms in total.